The van der Waals surface area contributed by atoms with Gasteiger partial charge in [0, 0.05) is 23.9 Å². The third-order valence-corrected chi connectivity index (χ3v) is 6.15. The van der Waals surface area contributed by atoms with Gasteiger partial charge in [0.2, 0.25) is 11.7 Å². The van der Waals surface area contributed by atoms with Gasteiger partial charge in [-0.25, -0.2) is 4.79 Å². The Morgan fingerprint density at radius 3 is 2.59 bits per heavy atom. The number of aryl methyl sites for hydroxylation is 2. The highest BCUT2D eigenvalue weighted by molar-refractivity contribution is 7.98. The van der Waals surface area contributed by atoms with Gasteiger partial charge in [-0.15, -0.1) is 11.8 Å². The largest absolute Gasteiger partial charge is 0.412 e. The highest BCUT2D eigenvalue weighted by atomic mass is 32.2. The van der Waals surface area contributed by atoms with E-state index in [0.29, 0.717) is 24.0 Å². The summed E-state index contributed by atoms with van der Waals surface area (Å²) >= 11 is 1.71. The molecule has 1 heterocycles. The van der Waals surface area contributed by atoms with Crippen LogP contribution in [-0.2, 0) is 6.42 Å². The van der Waals surface area contributed by atoms with Crippen LogP contribution in [0.1, 0.15) is 24.3 Å². The molecule has 0 saturated heterocycles. The minimum atomic E-state index is -0.438. The van der Waals surface area contributed by atoms with Crippen molar-refractivity contribution in [3.05, 3.63) is 84.3 Å². The van der Waals surface area contributed by atoms with Gasteiger partial charge in [-0.05, 0) is 66.5 Å². The van der Waals surface area contributed by atoms with Crippen LogP contribution in [0.4, 0.5) is 4.79 Å². The molecule has 1 amide bonds. The lowest BCUT2D eigenvalue weighted by atomic mass is 10.0. The maximum absolute atomic E-state index is 12.1. The number of ether oxygens (including phenoxy) is 1. The van der Waals surface area contributed by atoms with Crippen molar-refractivity contribution in [2.24, 2.45) is 0 Å². The third kappa shape index (κ3) is 6.26. The highest BCUT2D eigenvalue weighted by Crippen LogP contribution is 2.31. The maximum Gasteiger partial charge on any atom is 0.412 e. The van der Waals surface area contributed by atoms with Crippen LogP contribution in [0, 0.1) is 6.92 Å². The van der Waals surface area contributed by atoms with Crippen molar-refractivity contribution in [1.82, 2.24) is 15.5 Å². The Hall–Kier alpha value is -3.58. The first-order valence-corrected chi connectivity index (χ1v) is 12.4. The first kappa shape index (κ1) is 23.6. The predicted octanol–water partition coefficient (Wildman–Crippen LogP) is 6.55. The lowest BCUT2D eigenvalue weighted by Gasteiger charge is -2.09. The normalized spacial score (nSPS) is 10.8. The summed E-state index contributed by atoms with van der Waals surface area (Å²) in [5, 5.41) is 6.80. The molecule has 34 heavy (non-hydrogen) atoms. The molecule has 0 radical (unpaired) electrons. The molecule has 0 aliphatic rings. The van der Waals surface area contributed by atoms with Gasteiger partial charge in [-0.2, -0.15) is 4.98 Å². The van der Waals surface area contributed by atoms with E-state index in [9.17, 15) is 4.79 Å². The van der Waals surface area contributed by atoms with Gasteiger partial charge in [0.1, 0.15) is 5.75 Å². The lowest BCUT2D eigenvalue weighted by Crippen LogP contribution is -2.27. The van der Waals surface area contributed by atoms with E-state index in [2.05, 4.69) is 46.0 Å². The van der Waals surface area contributed by atoms with Gasteiger partial charge in [0.25, 0.3) is 0 Å². The molecule has 0 spiro atoms. The second-order valence-corrected chi connectivity index (χ2v) is 8.68. The molecule has 0 fully saturated rings. The Labute approximate surface area is 203 Å². The Balaban J connectivity index is 1.20. The molecule has 0 aliphatic heterocycles. The Morgan fingerprint density at radius 1 is 1.00 bits per heavy atom. The molecular weight excluding hydrogens is 446 g/mol. The number of rotatable bonds is 9. The predicted molar refractivity (Wildman–Crippen MR) is 135 cm³/mol. The van der Waals surface area contributed by atoms with Gasteiger partial charge in [-0.3, -0.25) is 0 Å². The standard InChI is InChI=1S/C27H27N3O3S/c1-19-29-26(30-33-19)22-10-7-9-20(18-22)8-5-6-17-28-27(31)32-23-15-13-21(14-16-23)24-11-3-4-12-25(24)34-2/h3-4,7,9-16,18H,5-6,8,17H2,1-2H3,(H,28,31). The molecule has 0 saturated carbocycles. The van der Waals surface area contributed by atoms with Gasteiger partial charge >= 0.3 is 6.09 Å². The number of hydrogen-bond acceptors (Lipinski definition) is 6. The van der Waals surface area contributed by atoms with Gasteiger partial charge in [0.15, 0.2) is 0 Å². The van der Waals surface area contributed by atoms with E-state index < -0.39 is 6.09 Å². The summed E-state index contributed by atoms with van der Waals surface area (Å²) < 4.78 is 10.5. The monoisotopic (exact) mass is 473 g/mol. The zero-order valence-corrected chi connectivity index (χ0v) is 20.1. The molecule has 1 aromatic heterocycles. The number of unbranched alkanes of at least 4 members (excludes halogenated alkanes) is 1. The summed E-state index contributed by atoms with van der Waals surface area (Å²) in [4.78, 5) is 17.6. The Bertz CT molecular complexity index is 1240. The van der Waals surface area contributed by atoms with Crippen molar-refractivity contribution >= 4 is 17.9 Å². The minimum absolute atomic E-state index is 0.438. The Kier molecular flexibility index (Phi) is 7.99. The fourth-order valence-electron chi connectivity index (χ4n) is 3.66. The summed E-state index contributed by atoms with van der Waals surface area (Å²) in [5.74, 6) is 1.68. The highest BCUT2D eigenvalue weighted by Gasteiger charge is 2.08. The summed E-state index contributed by atoms with van der Waals surface area (Å²) in [5.41, 5.74) is 4.41. The summed E-state index contributed by atoms with van der Waals surface area (Å²) in [6.45, 7) is 2.33. The zero-order valence-electron chi connectivity index (χ0n) is 19.3. The van der Waals surface area contributed by atoms with E-state index >= 15 is 0 Å². The van der Waals surface area contributed by atoms with Crippen molar-refractivity contribution in [3.63, 3.8) is 0 Å². The average Bonchev–Trinajstić information content (AvgIpc) is 3.31. The summed E-state index contributed by atoms with van der Waals surface area (Å²) in [6, 6.07) is 24.0. The molecule has 0 bridgehead atoms. The molecule has 0 aliphatic carbocycles. The van der Waals surface area contributed by atoms with Crippen LogP contribution in [0.15, 0.2) is 82.2 Å². The number of aromatic nitrogens is 2. The molecule has 4 aromatic rings. The molecule has 1 N–H and O–H groups in total. The van der Waals surface area contributed by atoms with Crippen LogP contribution in [0.25, 0.3) is 22.5 Å². The number of benzene rings is 3. The SMILES string of the molecule is CSc1ccccc1-c1ccc(OC(=O)NCCCCc2cccc(-c3noc(C)n3)c2)cc1. The fraction of sp³-hybridized carbons (Fsp3) is 0.222. The molecule has 4 rings (SSSR count). The van der Waals surface area contributed by atoms with Crippen LogP contribution in [0.5, 0.6) is 5.75 Å². The van der Waals surface area contributed by atoms with Crippen molar-refractivity contribution in [2.75, 3.05) is 12.8 Å². The third-order valence-electron chi connectivity index (χ3n) is 5.36. The minimum Gasteiger partial charge on any atom is -0.410 e. The van der Waals surface area contributed by atoms with E-state index in [-0.39, 0.29) is 0 Å². The van der Waals surface area contributed by atoms with Crippen molar-refractivity contribution in [1.29, 1.82) is 0 Å². The molecule has 0 unspecified atom stereocenters. The van der Waals surface area contributed by atoms with Crippen molar-refractivity contribution < 1.29 is 14.1 Å². The van der Waals surface area contributed by atoms with E-state index in [1.54, 1.807) is 18.7 Å². The van der Waals surface area contributed by atoms with E-state index in [1.165, 1.54) is 16.0 Å². The van der Waals surface area contributed by atoms with Crippen LogP contribution in [0.3, 0.4) is 0 Å². The van der Waals surface area contributed by atoms with Gasteiger partial charge in [0.05, 0.1) is 0 Å². The molecule has 0 atom stereocenters. The quantitative estimate of drug-likeness (QED) is 0.220. The van der Waals surface area contributed by atoms with Crippen LogP contribution in [0.2, 0.25) is 0 Å². The smallest absolute Gasteiger partial charge is 0.410 e. The number of carbonyl (C=O) groups excluding carboxylic acids is 1. The zero-order chi connectivity index (χ0) is 23.8. The van der Waals surface area contributed by atoms with Gasteiger partial charge < -0.3 is 14.6 Å². The first-order chi connectivity index (χ1) is 16.6. The molecule has 7 heteroatoms. The number of thioether (sulfide) groups is 1. The maximum atomic E-state index is 12.1. The van der Waals surface area contributed by atoms with E-state index in [0.717, 1.165) is 30.4 Å². The Morgan fingerprint density at radius 2 is 1.82 bits per heavy atom. The topological polar surface area (TPSA) is 77.2 Å². The molecule has 6 nitrogen and oxygen atoms in total. The molecule has 3 aromatic carbocycles. The number of nitrogens with one attached hydrogen (secondary N) is 1. The van der Waals surface area contributed by atoms with Crippen LogP contribution in [-0.4, -0.2) is 29.0 Å². The molecular formula is C27H27N3O3S. The van der Waals surface area contributed by atoms with Crippen LogP contribution >= 0.6 is 11.8 Å². The number of hydrogen-bond donors (Lipinski definition) is 1. The summed E-state index contributed by atoms with van der Waals surface area (Å²) in [7, 11) is 0. The van der Waals surface area contributed by atoms with Gasteiger partial charge in [-0.1, -0.05) is 53.7 Å². The molecule has 174 valence electrons. The first-order valence-electron chi connectivity index (χ1n) is 11.2. The lowest BCUT2D eigenvalue weighted by molar-refractivity contribution is 0.200. The fourth-order valence-corrected chi connectivity index (χ4v) is 4.28. The van der Waals surface area contributed by atoms with Crippen molar-refractivity contribution in [2.45, 2.75) is 31.1 Å². The number of carbonyl (C=O) groups is 1. The number of nitrogens with zero attached hydrogens (tertiary/aromatic N) is 2. The van der Waals surface area contributed by atoms with E-state index in [1.807, 2.05) is 48.5 Å². The second-order valence-electron chi connectivity index (χ2n) is 7.84. The van der Waals surface area contributed by atoms with Crippen LogP contribution < -0.4 is 10.1 Å². The van der Waals surface area contributed by atoms with Crippen molar-refractivity contribution in [3.8, 4) is 28.3 Å². The number of amides is 1. The summed E-state index contributed by atoms with van der Waals surface area (Å²) in [6.07, 6.45) is 4.32. The van der Waals surface area contributed by atoms with E-state index in [4.69, 9.17) is 9.26 Å². The second kappa shape index (κ2) is 11.5. The average molecular weight is 474 g/mol.